The van der Waals surface area contributed by atoms with Crippen LogP contribution in [0.1, 0.15) is 31.2 Å². The monoisotopic (exact) mass is 212 g/mol. The van der Waals surface area contributed by atoms with E-state index in [0.717, 1.165) is 6.42 Å². The van der Waals surface area contributed by atoms with Crippen LogP contribution in [-0.2, 0) is 10.2 Å². The second-order valence-corrected chi connectivity index (χ2v) is 5.69. The lowest BCUT2D eigenvalue weighted by Gasteiger charge is -2.20. The maximum Gasteiger partial charge on any atom is 0.144 e. The average molecular weight is 212 g/mol. The molecule has 0 amide bonds. The first-order valence-electron chi connectivity index (χ1n) is 6.44. The number of carbonyl (C=O) groups is 1. The van der Waals surface area contributed by atoms with Gasteiger partial charge in [0.05, 0.1) is 5.41 Å². The van der Waals surface area contributed by atoms with Gasteiger partial charge in [-0.3, -0.25) is 4.79 Å². The predicted molar refractivity (Wildman–Crippen MR) is 62.1 cm³/mol. The lowest BCUT2D eigenvalue weighted by atomic mass is 9.84. The fourth-order valence-corrected chi connectivity index (χ4v) is 4.69. The highest BCUT2D eigenvalue weighted by Gasteiger charge is 2.75. The summed E-state index contributed by atoms with van der Waals surface area (Å²) in [6, 6.07) is 10.5. The summed E-state index contributed by atoms with van der Waals surface area (Å²) in [6.45, 7) is 0. The van der Waals surface area contributed by atoms with Crippen LogP contribution in [0.5, 0.6) is 0 Å². The highest BCUT2D eigenvalue weighted by molar-refractivity contribution is 5.98. The smallest absolute Gasteiger partial charge is 0.144 e. The van der Waals surface area contributed by atoms with Gasteiger partial charge >= 0.3 is 0 Å². The molecule has 1 nitrogen and oxygen atoms in total. The molecule has 3 aliphatic rings. The molecule has 0 heterocycles. The van der Waals surface area contributed by atoms with Crippen LogP contribution in [0, 0.1) is 17.8 Å². The molecule has 0 aliphatic heterocycles. The van der Waals surface area contributed by atoms with Crippen LogP contribution in [0.4, 0.5) is 0 Å². The van der Waals surface area contributed by atoms with E-state index in [2.05, 4.69) is 24.3 Å². The lowest BCUT2D eigenvalue weighted by molar-refractivity contribution is -0.121. The predicted octanol–water partition coefficient (Wildman–Crippen LogP) is 2.94. The second kappa shape index (κ2) is 2.77. The van der Waals surface area contributed by atoms with Gasteiger partial charge in [0.25, 0.3) is 0 Å². The topological polar surface area (TPSA) is 17.1 Å². The molecule has 0 N–H and O–H groups in total. The Bertz CT molecular complexity index is 450. The van der Waals surface area contributed by atoms with Crippen molar-refractivity contribution in [1.82, 2.24) is 0 Å². The Labute approximate surface area is 95.9 Å². The molecular formula is C15H16O. The number of Topliss-reactive ketones (excluding diaryl/α,β-unsaturated/α-hetero) is 1. The van der Waals surface area contributed by atoms with Crippen molar-refractivity contribution in [2.45, 2.75) is 31.1 Å². The first kappa shape index (κ1) is 8.98. The molecule has 4 rings (SSSR count). The van der Waals surface area contributed by atoms with E-state index in [-0.39, 0.29) is 5.41 Å². The molecule has 0 bridgehead atoms. The van der Waals surface area contributed by atoms with Gasteiger partial charge in [0.1, 0.15) is 5.78 Å². The van der Waals surface area contributed by atoms with Crippen molar-refractivity contribution in [3.8, 4) is 0 Å². The SMILES string of the molecule is O=C1CC2CCCC3C2C13c1ccccc1. The van der Waals surface area contributed by atoms with Crippen molar-refractivity contribution < 1.29 is 4.79 Å². The van der Waals surface area contributed by atoms with Gasteiger partial charge in [-0.1, -0.05) is 36.8 Å². The van der Waals surface area contributed by atoms with Crippen LogP contribution in [0.2, 0.25) is 0 Å². The summed E-state index contributed by atoms with van der Waals surface area (Å²) in [5, 5.41) is 0. The first-order chi connectivity index (χ1) is 7.85. The largest absolute Gasteiger partial charge is 0.299 e. The summed E-state index contributed by atoms with van der Waals surface area (Å²) in [5.41, 5.74) is 1.28. The minimum atomic E-state index is -0.0254. The number of hydrogen-bond donors (Lipinski definition) is 0. The first-order valence-corrected chi connectivity index (χ1v) is 6.44. The van der Waals surface area contributed by atoms with Crippen molar-refractivity contribution in [3.05, 3.63) is 35.9 Å². The molecular weight excluding hydrogens is 196 g/mol. The summed E-state index contributed by atoms with van der Waals surface area (Å²) in [5.74, 6) is 2.65. The van der Waals surface area contributed by atoms with E-state index in [0.29, 0.717) is 23.5 Å². The van der Waals surface area contributed by atoms with E-state index in [1.165, 1.54) is 24.8 Å². The van der Waals surface area contributed by atoms with Crippen molar-refractivity contribution in [1.29, 1.82) is 0 Å². The van der Waals surface area contributed by atoms with Crippen molar-refractivity contribution in [2.75, 3.05) is 0 Å². The highest BCUT2D eigenvalue weighted by Crippen LogP contribution is 2.73. The zero-order valence-corrected chi connectivity index (χ0v) is 9.36. The Hall–Kier alpha value is -1.11. The number of ketones is 1. The summed E-state index contributed by atoms with van der Waals surface area (Å²) >= 11 is 0. The van der Waals surface area contributed by atoms with Crippen LogP contribution in [-0.4, -0.2) is 5.78 Å². The Morgan fingerprint density at radius 3 is 2.69 bits per heavy atom. The Morgan fingerprint density at radius 1 is 1.12 bits per heavy atom. The Balaban J connectivity index is 1.85. The highest BCUT2D eigenvalue weighted by atomic mass is 16.1. The van der Waals surface area contributed by atoms with Crippen LogP contribution in [0.15, 0.2) is 30.3 Å². The fraction of sp³-hybridized carbons (Fsp3) is 0.533. The maximum absolute atomic E-state index is 12.4. The molecule has 0 saturated heterocycles. The molecule has 1 aromatic carbocycles. The van der Waals surface area contributed by atoms with Gasteiger partial charge in [-0.05, 0) is 36.2 Å². The second-order valence-electron chi connectivity index (χ2n) is 5.69. The van der Waals surface area contributed by atoms with Crippen LogP contribution in [0.3, 0.4) is 0 Å². The average Bonchev–Trinajstić information content (AvgIpc) is 2.91. The normalized spacial score (nSPS) is 44.2. The summed E-state index contributed by atoms with van der Waals surface area (Å²) < 4.78 is 0. The van der Waals surface area contributed by atoms with Gasteiger partial charge in [-0.15, -0.1) is 0 Å². The number of hydrogen-bond acceptors (Lipinski definition) is 1. The van der Waals surface area contributed by atoms with Crippen molar-refractivity contribution in [3.63, 3.8) is 0 Å². The van der Waals surface area contributed by atoms with E-state index < -0.39 is 0 Å². The lowest BCUT2D eigenvalue weighted by Crippen LogP contribution is -2.22. The van der Waals surface area contributed by atoms with Gasteiger partial charge < -0.3 is 0 Å². The standard InChI is InChI=1S/C15H16O/c16-13-9-10-5-4-8-12-14(10)15(12,13)11-6-2-1-3-7-11/h1-3,6-7,10,12,14H,4-5,8-9H2. The number of carbonyl (C=O) groups excluding carboxylic acids is 1. The van der Waals surface area contributed by atoms with E-state index >= 15 is 0 Å². The molecule has 1 heteroatoms. The fourth-order valence-electron chi connectivity index (χ4n) is 4.69. The molecule has 82 valence electrons. The van der Waals surface area contributed by atoms with E-state index in [1.807, 2.05) is 6.07 Å². The Kier molecular flexibility index (Phi) is 1.55. The van der Waals surface area contributed by atoms with E-state index in [1.54, 1.807) is 0 Å². The summed E-state index contributed by atoms with van der Waals surface area (Å²) in [7, 11) is 0. The molecule has 4 atom stereocenters. The number of rotatable bonds is 1. The molecule has 0 spiro atoms. The molecule has 3 saturated carbocycles. The summed E-state index contributed by atoms with van der Waals surface area (Å²) in [6.07, 6.45) is 4.77. The number of fused-ring (bicyclic) bond motifs is 1. The minimum Gasteiger partial charge on any atom is -0.299 e. The molecule has 16 heavy (non-hydrogen) atoms. The maximum atomic E-state index is 12.4. The third-order valence-electron chi connectivity index (χ3n) is 5.19. The van der Waals surface area contributed by atoms with Gasteiger partial charge in [-0.2, -0.15) is 0 Å². The molecule has 3 aliphatic carbocycles. The van der Waals surface area contributed by atoms with Crippen LogP contribution < -0.4 is 0 Å². The molecule has 1 aromatic rings. The molecule has 3 fully saturated rings. The third-order valence-corrected chi connectivity index (χ3v) is 5.19. The van der Waals surface area contributed by atoms with Gasteiger partial charge in [0.2, 0.25) is 0 Å². The summed E-state index contributed by atoms with van der Waals surface area (Å²) in [4.78, 5) is 12.4. The van der Waals surface area contributed by atoms with Crippen LogP contribution >= 0.6 is 0 Å². The zero-order chi connectivity index (χ0) is 10.8. The third kappa shape index (κ3) is 0.829. The van der Waals surface area contributed by atoms with Gasteiger partial charge in [0.15, 0.2) is 0 Å². The molecule has 0 radical (unpaired) electrons. The quantitative estimate of drug-likeness (QED) is 0.699. The number of benzene rings is 1. The van der Waals surface area contributed by atoms with Crippen LogP contribution in [0.25, 0.3) is 0 Å². The Morgan fingerprint density at radius 2 is 1.94 bits per heavy atom. The van der Waals surface area contributed by atoms with E-state index in [9.17, 15) is 4.79 Å². The molecule has 0 aromatic heterocycles. The van der Waals surface area contributed by atoms with Crippen molar-refractivity contribution in [2.24, 2.45) is 17.8 Å². The van der Waals surface area contributed by atoms with Gasteiger partial charge in [0, 0.05) is 6.42 Å². The zero-order valence-electron chi connectivity index (χ0n) is 9.36. The minimum absolute atomic E-state index is 0.0254. The molecule has 4 unspecified atom stereocenters. The van der Waals surface area contributed by atoms with E-state index in [4.69, 9.17) is 0 Å². The van der Waals surface area contributed by atoms with Crippen molar-refractivity contribution >= 4 is 5.78 Å². The van der Waals surface area contributed by atoms with Gasteiger partial charge in [-0.25, -0.2) is 0 Å².